The molecular formula is C11H16FNO2. The number of methoxy groups -OCH3 is 2. The molecule has 0 aromatic heterocycles. The lowest BCUT2D eigenvalue weighted by atomic mass is 10.1. The predicted molar refractivity (Wildman–Crippen MR) is 57.3 cm³/mol. The Kier molecular flexibility index (Phi) is 4.37. The molecule has 3 nitrogen and oxygen atoms in total. The maximum Gasteiger partial charge on any atom is 0.161 e. The maximum absolute atomic E-state index is 13.5. The highest BCUT2D eigenvalue weighted by molar-refractivity contribution is 5.43. The van der Waals surface area contributed by atoms with Crippen molar-refractivity contribution < 1.29 is 13.9 Å². The second-order valence-electron chi connectivity index (χ2n) is 3.14. The normalized spacial score (nSPS) is 12.3. The fourth-order valence-electron chi connectivity index (χ4n) is 1.34. The first-order valence-electron chi connectivity index (χ1n) is 4.73. The van der Waals surface area contributed by atoms with Gasteiger partial charge in [0.1, 0.15) is 6.17 Å². The average molecular weight is 213 g/mol. The molecule has 0 aliphatic rings. The quantitative estimate of drug-likeness (QED) is 0.810. The topological polar surface area (TPSA) is 30.5 Å². The van der Waals surface area contributed by atoms with E-state index in [2.05, 4.69) is 5.32 Å². The molecule has 15 heavy (non-hydrogen) atoms. The van der Waals surface area contributed by atoms with E-state index in [1.54, 1.807) is 32.4 Å². The summed E-state index contributed by atoms with van der Waals surface area (Å²) in [4.78, 5) is 0. The molecule has 0 aliphatic carbocycles. The van der Waals surface area contributed by atoms with Crippen molar-refractivity contribution in [1.82, 2.24) is 5.32 Å². The number of hydrogen-bond donors (Lipinski definition) is 1. The Bertz CT molecular complexity index is 317. The van der Waals surface area contributed by atoms with E-state index in [0.717, 1.165) is 0 Å². The summed E-state index contributed by atoms with van der Waals surface area (Å²) >= 11 is 0. The van der Waals surface area contributed by atoms with Crippen molar-refractivity contribution in [2.24, 2.45) is 0 Å². The molecule has 1 unspecified atom stereocenters. The molecule has 0 bridgehead atoms. The van der Waals surface area contributed by atoms with Crippen molar-refractivity contribution in [3.63, 3.8) is 0 Å². The van der Waals surface area contributed by atoms with Crippen LogP contribution < -0.4 is 14.8 Å². The van der Waals surface area contributed by atoms with Crippen LogP contribution in [0.15, 0.2) is 18.2 Å². The minimum atomic E-state index is -1.03. The largest absolute Gasteiger partial charge is 0.493 e. The molecule has 1 rings (SSSR count). The third-order valence-electron chi connectivity index (χ3n) is 2.15. The minimum absolute atomic E-state index is 0.287. The molecule has 0 aliphatic heterocycles. The molecule has 0 saturated heterocycles. The molecule has 0 spiro atoms. The molecule has 84 valence electrons. The van der Waals surface area contributed by atoms with Crippen LogP contribution in [0, 0.1) is 0 Å². The standard InChI is InChI=1S/C11H16FNO2/c1-13-7-9(12)8-4-5-10(14-2)11(6-8)15-3/h4-6,9,13H,7H2,1-3H3. The van der Waals surface area contributed by atoms with Crippen molar-refractivity contribution >= 4 is 0 Å². The van der Waals surface area contributed by atoms with Gasteiger partial charge >= 0.3 is 0 Å². The Morgan fingerprint density at radius 2 is 1.93 bits per heavy atom. The molecule has 1 atom stereocenters. The summed E-state index contributed by atoms with van der Waals surface area (Å²) in [5, 5.41) is 2.78. The van der Waals surface area contributed by atoms with Crippen LogP contribution in [-0.2, 0) is 0 Å². The molecule has 1 N–H and O–H groups in total. The van der Waals surface area contributed by atoms with Gasteiger partial charge in [-0.05, 0) is 24.7 Å². The van der Waals surface area contributed by atoms with Crippen molar-refractivity contribution in [3.8, 4) is 11.5 Å². The zero-order chi connectivity index (χ0) is 11.3. The highest BCUT2D eigenvalue weighted by atomic mass is 19.1. The molecule has 0 saturated carbocycles. The second-order valence-corrected chi connectivity index (χ2v) is 3.14. The van der Waals surface area contributed by atoms with Gasteiger partial charge in [-0.25, -0.2) is 4.39 Å². The first kappa shape index (κ1) is 11.8. The van der Waals surface area contributed by atoms with Crippen molar-refractivity contribution in [3.05, 3.63) is 23.8 Å². The molecule has 4 heteroatoms. The summed E-state index contributed by atoms with van der Waals surface area (Å²) in [6, 6.07) is 5.06. The van der Waals surface area contributed by atoms with E-state index in [4.69, 9.17) is 9.47 Å². The highest BCUT2D eigenvalue weighted by Gasteiger charge is 2.12. The smallest absolute Gasteiger partial charge is 0.161 e. The molecule has 0 fully saturated rings. The molecule has 1 aromatic rings. The van der Waals surface area contributed by atoms with E-state index in [0.29, 0.717) is 17.1 Å². The zero-order valence-electron chi connectivity index (χ0n) is 9.21. The minimum Gasteiger partial charge on any atom is -0.493 e. The molecule has 0 heterocycles. The Balaban J connectivity index is 2.92. The third kappa shape index (κ3) is 2.83. The number of rotatable bonds is 5. The number of nitrogens with one attached hydrogen (secondary N) is 1. The van der Waals surface area contributed by atoms with Gasteiger partial charge in [0, 0.05) is 6.54 Å². The number of halogens is 1. The summed E-state index contributed by atoms with van der Waals surface area (Å²) in [5.74, 6) is 1.16. The first-order valence-corrected chi connectivity index (χ1v) is 4.73. The lowest BCUT2D eigenvalue weighted by Crippen LogP contribution is -2.13. The van der Waals surface area contributed by atoms with Gasteiger partial charge in [-0.2, -0.15) is 0 Å². The lowest BCUT2D eigenvalue weighted by Gasteiger charge is -2.12. The van der Waals surface area contributed by atoms with Crippen molar-refractivity contribution in [1.29, 1.82) is 0 Å². The van der Waals surface area contributed by atoms with E-state index in [-0.39, 0.29) is 6.54 Å². The maximum atomic E-state index is 13.5. The van der Waals surface area contributed by atoms with Crippen LogP contribution in [0.3, 0.4) is 0 Å². The van der Waals surface area contributed by atoms with Gasteiger partial charge in [-0.3, -0.25) is 0 Å². The second kappa shape index (κ2) is 5.56. The zero-order valence-corrected chi connectivity index (χ0v) is 9.21. The van der Waals surface area contributed by atoms with Gasteiger partial charge in [0.2, 0.25) is 0 Å². The Labute approximate surface area is 89.2 Å². The Morgan fingerprint density at radius 1 is 1.27 bits per heavy atom. The van der Waals surface area contributed by atoms with Gasteiger partial charge in [-0.15, -0.1) is 0 Å². The van der Waals surface area contributed by atoms with E-state index < -0.39 is 6.17 Å². The SMILES string of the molecule is CNCC(F)c1ccc(OC)c(OC)c1. The molecular weight excluding hydrogens is 197 g/mol. The summed E-state index contributed by atoms with van der Waals surface area (Å²) in [7, 11) is 4.80. The van der Waals surface area contributed by atoms with Crippen LogP contribution >= 0.6 is 0 Å². The van der Waals surface area contributed by atoms with Crippen LogP contribution in [0.5, 0.6) is 11.5 Å². The average Bonchev–Trinajstić information content (AvgIpc) is 2.28. The van der Waals surface area contributed by atoms with Crippen LogP contribution in [0.25, 0.3) is 0 Å². The van der Waals surface area contributed by atoms with Gasteiger partial charge in [-0.1, -0.05) is 6.07 Å². The number of benzene rings is 1. The number of alkyl halides is 1. The highest BCUT2D eigenvalue weighted by Crippen LogP contribution is 2.30. The number of likely N-dealkylation sites (N-methyl/N-ethyl adjacent to an activating group) is 1. The van der Waals surface area contributed by atoms with E-state index >= 15 is 0 Å². The summed E-state index contributed by atoms with van der Waals surface area (Å²) in [6.45, 7) is 0.287. The van der Waals surface area contributed by atoms with Gasteiger partial charge in [0.25, 0.3) is 0 Å². The first-order chi connectivity index (χ1) is 7.22. The van der Waals surface area contributed by atoms with E-state index in [1.165, 1.54) is 7.11 Å². The van der Waals surface area contributed by atoms with Gasteiger partial charge < -0.3 is 14.8 Å². The molecule has 1 aromatic carbocycles. The van der Waals surface area contributed by atoms with Crippen molar-refractivity contribution in [2.45, 2.75) is 6.17 Å². The fourth-order valence-corrected chi connectivity index (χ4v) is 1.34. The molecule has 0 amide bonds. The van der Waals surface area contributed by atoms with E-state index in [1.807, 2.05) is 0 Å². The molecule has 0 radical (unpaired) electrons. The number of hydrogen-bond acceptors (Lipinski definition) is 3. The fraction of sp³-hybridized carbons (Fsp3) is 0.455. The lowest BCUT2D eigenvalue weighted by molar-refractivity contribution is 0.328. The Morgan fingerprint density at radius 3 is 2.47 bits per heavy atom. The summed E-state index contributed by atoms with van der Waals surface area (Å²) < 4.78 is 23.7. The van der Waals surface area contributed by atoms with Crippen LogP contribution in [0.1, 0.15) is 11.7 Å². The third-order valence-corrected chi connectivity index (χ3v) is 2.15. The monoisotopic (exact) mass is 213 g/mol. The predicted octanol–water partition coefficient (Wildman–Crippen LogP) is 1.93. The summed E-state index contributed by atoms with van der Waals surface area (Å²) in [5.41, 5.74) is 0.585. The van der Waals surface area contributed by atoms with Crippen LogP contribution in [-0.4, -0.2) is 27.8 Å². The number of ether oxygens (including phenoxy) is 2. The Hall–Kier alpha value is -1.29. The van der Waals surface area contributed by atoms with Gasteiger partial charge in [0.05, 0.1) is 14.2 Å². The van der Waals surface area contributed by atoms with Crippen LogP contribution in [0.2, 0.25) is 0 Å². The van der Waals surface area contributed by atoms with Crippen LogP contribution in [0.4, 0.5) is 4.39 Å². The summed E-state index contributed by atoms with van der Waals surface area (Å²) in [6.07, 6.45) is -1.03. The van der Waals surface area contributed by atoms with Gasteiger partial charge in [0.15, 0.2) is 11.5 Å². The van der Waals surface area contributed by atoms with E-state index in [9.17, 15) is 4.39 Å². The van der Waals surface area contributed by atoms with Crippen molar-refractivity contribution in [2.75, 3.05) is 27.8 Å².